The summed E-state index contributed by atoms with van der Waals surface area (Å²) < 4.78 is 0.793. The standard InChI is InChI=1S/C11H9IN2/c1-8-7-10(14-11(12)13-8)9-5-3-2-4-6-9/h2-7H,1H3. The van der Waals surface area contributed by atoms with Crippen molar-refractivity contribution in [2.45, 2.75) is 6.92 Å². The number of aryl methyl sites for hydroxylation is 1. The van der Waals surface area contributed by atoms with Crippen molar-refractivity contribution in [2.75, 3.05) is 0 Å². The number of benzene rings is 1. The summed E-state index contributed by atoms with van der Waals surface area (Å²) >= 11 is 2.14. The van der Waals surface area contributed by atoms with E-state index in [0.29, 0.717) is 0 Å². The van der Waals surface area contributed by atoms with Crippen molar-refractivity contribution in [2.24, 2.45) is 0 Å². The summed E-state index contributed by atoms with van der Waals surface area (Å²) in [6, 6.07) is 12.1. The Balaban J connectivity index is 2.52. The van der Waals surface area contributed by atoms with E-state index in [4.69, 9.17) is 0 Å². The van der Waals surface area contributed by atoms with Crippen molar-refractivity contribution in [3.05, 3.63) is 45.9 Å². The van der Waals surface area contributed by atoms with Gasteiger partial charge in [0.15, 0.2) is 3.83 Å². The Hall–Kier alpha value is -0.970. The number of halogens is 1. The van der Waals surface area contributed by atoms with Gasteiger partial charge in [0.05, 0.1) is 5.69 Å². The molecule has 70 valence electrons. The lowest BCUT2D eigenvalue weighted by atomic mass is 10.1. The number of nitrogens with zero attached hydrogens (tertiary/aromatic N) is 2. The lowest BCUT2D eigenvalue weighted by molar-refractivity contribution is 1.06. The minimum absolute atomic E-state index is 0.793. The van der Waals surface area contributed by atoms with E-state index in [1.54, 1.807) is 0 Å². The first kappa shape index (κ1) is 9.58. The molecule has 0 N–H and O–H groups in total. The van der Waals surface area contributed by atoms with Gasteiger partial charge in [-0.25, -0.2) is 9.97 Å². The van der Waals surface area contributed by atoms with Crippen molar-refractivity contribution in [3.8, 4) is 11.3 Å². The van der Waals surface area contributed by atoms with Crippen LogP contribution in [0.1, 0.15) is 5.69 Å². The van der Waals surface area contributed by atoms with Crippen LogP contribution in [0.3, 0.4) is 0 Å². The Kier molecular flexibility index (Phi) is 2.77. The summed E-state index contributed by atoms with van der Waals surface area (Å²) in [6.45, 7) is 1.98. The monoisotopic (exact) mass is 296 g/mol. The molecule has 0 bridgehead atoms. The minimum Gasteiger partial charge on any atom is -0.228 e. The lowest BCUT2D eigenvalue weighted by Gasteiger charge is -2.01. The summed E-state index contributed by atoms with van der Waals surface area (Å²) in [5, 5.41) is 0. The number of aromatic nitrogens is 2. The van der Waals surface area contributed by atoms with E-state index < -0.39 is 0 Å². The molecule has 1 aromatic carbocycles. The third kappa shape index (κ3) is 2.09. The molecule has 0 spiro atoms. The minimum atomic E-state index is 0.793. The molecule has 0 aliphatic rings. The van der Waals surface area contributed by atoms with Crippen molar-refractivity contribution in [3.63, 3.8) is 0 Å². The van der Waals surface area contributed by atoms with E-state index in [1.165, 1.54) is 0 Å². The first-order chi connectivity index (χ1) is 6.75. The van der Waals surface area contributed by atoms with E-state index >= 15 is 0 Å². The van der Waals surface area contributed by atoms with Crippen LogP contribution in [0, 0.1) is 10.8 Å². The quantitative estimate of drug-likeness (QED) is 0.597. The third-order valence-corrected chi connectivity index (χ3v) is 2.38. The van der Waals surface area contributed by atoms with Gasteiger partial charge in [0.1, 0.15) is 0 Å². The molecule has 1 aromatic heterocycles. The molecule has 2 nitrogen and oxygen atoms in total. The van der Waals surface area contributed by atoms with Gasteiger partial charge in [-0.2, -0.15) is 0 Å². The fourth-order valence-corrected chi connectivity index (χ4v) is 1.93. The van der Waals surface area contributed by atoms with Crippen molar-refractivity contribution >= 4 is 22.6 Å². The predicted octanol–water partition coefficient (Wildman–Crippen LogP) is 3.06. The van der Waals surface area contributed by atoms with E-state index in [-0.39, 0.29) is 0 Å². The highest BCUT2D eigenvalue weighted by atomic mass is 127. The molecule has 0 fully saturated rings. The van der Waals surface area contributed by atoms with Crippen molar-refractivity contribution in [1.82, 2.24) is 9.97 Å². The fourth-order valence-electron chi connectivity index (χ4n) is 1.29. The molecule has 0 saturated carbocycles. The van der Waals surface area contributed by atoms with Gasteiger partial charge in [-0.1, -0.05) is 30.3 Å². The molecule has 0 atom stereocenters. The van der Waals surface area contributed by atoms with Gasteiger partial charge in [-0.15, -0.1) is 0 Å². The second kappa shape index (κ2) is 4.04. The zero-order valence-electron chi connectivity index (χ0n) is 7.74. The van der Waals surface area contributed by atoms with Crippen LogP contribution < -0.4 is 0 Å². The Bertz CT molecular complexity index is 420. The largest absolute Gasteiger partial charge is 0.228 e. The van der Waals surface area contributed by atoms with Gasteiger partial charge in [-0.3, -0.25) is 0 Å². The Labute approximate surface area is 96.6 Å². The van der Waals surface area contributed by atoms with Crippen LogP contribution in [0.4, 0.5) is 0 Å². The third-order valence-electron chi connectivity index (χ3n) is 1.90. The van der Waals surface area contributed by atoms with Gasteiger partial charge in [0.25, 0.3) is 0 Å². The zero-order valence-corrected chi connectivity index (χ0v) is 9.89. The predicted molar refractivity (Wildman–Crippen MR) is 64.9 cm³/mol. The molecular weight excluding hydrogens is 287 g/mol. The van der Waals surface area contributed by atoms with E-state index in [9.17, 15) is 0 Å². The number of hydrogen-bond donors (Lipinski definition) is 0. The van der Waals surface area contributed by atoms with Gasteiger partial charge in [0, 0.05) is 33.8 Å². The first-order valence-corrected chi connectivity index (χ1v) is 5.40. The maximum Gasteiger partial charge on any atom is 0.191 e. The summed E-state index contributed by atoms with van der Waals surface area (Å²) in [7, 11) is 0. The van der Waals surface area contributed by atoms with Crippen LogP contribution >= 0.6 is 22.6 Å². The van der Waals surface area contributed by atoms with E-state index in [0.717, 1.165) is 20.8 Å². The van der Waals surface area contributed by atoms with Crippen LogP contribution in [-0.2, 0) is 0 Å². The van der Waals surface area contributed by atoms with E-state index in [1.807, 2.05) is 31.2 Å². The molecule has 3 heteroatoms. The highest BCUT2D eigenvalue weighted by Gasteiger charge is 2.01. The molecule has 2 aromatic rings. The topological polar surface area (TPSA) is 25.8 Å². The molecule has 0 radical (unpaired) electrons. The highest BCUT2D eigenvalue weighted by Crippen LogP contribution is 2.17. The second-order valence-corrected chi connectivity index (χ2v) is 3.99. The fraction of sp³-hybridized carbons (Fsp3) is 0.0909. The van der Waals surface area contributed by atoms with Crippen molar-refractivity contribution < 1.29 is 0 Å². The van der Waals surface area contributed by atoms with Crippen LogP contribution in [0.2, 0.25) is 0 Å². The van der Waals surface area contributed by atoms with Gasteiger partial charge in [-0.05, 0) is 13.0 Å². The number of rotatable bonds is 1. The Morgan fingerprint density at radius 3 is 2.43 bits per heavy atom. The average Bonchev–Trinajstić information content (AvgIpc) is 2.18. The van der Waals surface area contributed by atoms with E-state index in [2.05, 4.69) is 44.7 Å². The molecule has 0 aliphatic heterocycles. The van der Waals surface area contributed by atoms with Crippen LogP contribution in [0.5, 0.6) is 0 Å². The Morgan fingerprint density at radius 2 is 1.79 bits per heavy atom. The first-order valence-electron chi connectivity index (χ1n) is 4.32. The lowest BCUT2D eigenvalue weighted by Crippen LogP contribution is -1.93. The maximum atomic E-state index is 4.38. The average molecular weight is 296 g/mol. The summed E-state index contributed by atoms with van der Waals surface area (Å²) in [4.78, 5) is 8.62. The van der Waals surface area contributed by atoms with Gasteiger partial charge >= 0.3 is 0 Å². The molecule has 0 amide bonds. The molecular formula is C11H9IN2. The molecule has 2 rings (SSSR count). The maximum absolute atomic E-state index is 4.38. The van der Waals surface area contributed by atoms with Crippen LogP contribution in [0.25, 0.3) is 11.3 Å². The van der Waals surface area contributed by atoms with Gasteiger partial charge in [0.2, 0.25) is 0 Å². The zero-order chi connectivity index (χ0) is 9.97. The molecule has 0 aliphatic carbocycles. The SMILES string of the molecule is Cc1cc(-c2ccccc2)nc(I)n1. The smallest absolute Gasteiger partial charge is 0.191 e. The number of hydrogen-bond acceptors (Lipinski definition) is 2. The molecule has 1 heterocycles. The summed E-state index contributed by atoms with van der Waals surface area (Å²) in [5.41, 5.74) is 3.13. The molecule has 14 heavy (non-hydrogen) atoms. The Morgan fingerprint density at radius 1 is 1.07 bits per heavy atom. The summed E-state index contributed by atoms with van der Waals surface area (Å²) in [5.74, 6) is 0. The van der Waals surface area contributed by atoms with Gasteiger partial charge < -0.3 is 0 Å². The second-order valence-electron chi connectivity index (χ2n) is 3.03. The molecule has 0 unspecified atom stereocenters. The van der Waals surface area contributed by atoms with Crippen molar-refractivity contribution in [1.29, 1.82) is 0 Å². The summed E-state index contributed by atoms with van der Waals surface area (Å²) in [6.07, 6.45) is 0. The normalized spacial score (nSPS) is 10.1. The molecule has 0 saturated heterocycles. The van der Waals surface area contributed by atoms with Crippen LogP contribution in [0.15, 0.2) is 36.4 Å². The van der Waals surface area contributed by atoms with Crippen LogP contribution in [-0.4, -0.2) is 9.97 Å². The highest BCUT2D eigenvalue weighted by molar-refractivity contribution is 14.1.